The number of rotatable bonds is 13. The van der Waals surface area contributed by atoms with E-state index in [9.17, 15) is 4.79 Å². The van der Waals surface area contributed by atoms with E-state index in [-0.39, 0.29) is 0 Å². The standard InChI is InChI=1S/C19H29BrOS2/c1-3-5-7-9-11-22-18-14-17(20)19(13-16(18)15-21)23-12-10-8-6-4-2/h13-15H,3-12H2,1-2H3. The monoisotopic (exact) mass is 416 g/mol. The lowest BCUT2D eigenvalue weighted by atomic mass is 10.2. The molecular formula is C19H29BrOS2. The van der Waals surface area contributed by atoms with E-state index in [2.05, 4.69) is 41.9 Å². The van der Waals surface area contributed by atoms with E-state index in [0.29, 0.717) is 0 Å². The van der Waals surface area contributed by atoms with Gasteiger partial charge in [0, 0.05) is 19.8 Å². The number of halogens is 1. The van der Waals surface area contributed by atoms with Crippen molar-refractivity contribution in [3.63, 3.8) is 0 Å². The quantitative estimate of drug-likeness (QED) is 0.187. The summed E-state index contributed by atoms with van der Waals surface area (Å²) in [6.07, 6.45) is 11.2. The highest BCUT2D eigenvalue weighted by molar-refractivity contribution is 9.10. The second-order valence-electron chi connectivity index (χ2n) is 5.76. The van der Waals surface area contributed by atoms with Gasteiger partial charge in [0.25, 0.3) is 0 Å². The summed E-state index contributed by atoms with van der Waals surface area (Å²) >= 11 is 7.34. The van der Waals surface area contributed by atoms with Crippen LogP contribution in [-0.2, 0) is 0 Å². The Morgan fingerprint density at radius 1 is 0.870 bits per heavy atom. The first kappa shape index (κ1) is 21.1. The lowest BCUT2D eigenvalue weighted by molar-refractivity contribution is 0.112. The van der Waals surface area contributed by atoms with Gasteiger partial charge in [0.2, 0.25) is 0 Å². The maximum absolute atomic E-state index is 11.4. The van der Waals surface area contributed by atoms with Crippen molar-refractivity contribution < 1.29 is 4.79 Å². The van der Waals surface area contributed by atoms with Crippen molar-refractivity contribution in [3.8, 4) is 0 Å². The van der Waals surface area contributed by atoms with Gasteiger partial charge < -0.3 is 0 Å². The van der Waals surface area contributed by atoms with E-state index in [1.807, 2.05) is 23.5 Å². The molecule has 4 heteroatoms. The third-order valence-corrected chi connectivity index (χ3v) is 6.92. The fourth-order valence-electron chi connectivity index (χ4n) is 2.30. The largest absolute Gasteiger partial charge is 0.298 e. The Morgan fingerprint density at radius 3 is 1.96 bits per heavy atom. The van der Waals surface area contributed by atoms with Gasteiger partial charge in [-0.15, -0.1) is 23.5 Å². The molecule has 0 unspecified atom stereocenters. The summed E-state index contributed by atoms with van der Waals surface area (Å²) in [5.41, 5.74) is 0.838. The van der Waals surface area contributed by atoms with Gasteiger partial charge in [-0.05, 0) is 52.4 Å². The van der Waals surface area contributed by atoms with E-state index >= 15 is 0 Å². The van der Waals surface area contributed by atoms with Crippen molar-refractivity contribution in [1.29, 1.82) is 0 Å². The van der Waals surface area contributed by atoms with Gasteiger partial charge in [0.05, 0.1) is 0 Å². The minimum absolute atomic E-state index is 0.838. The molecule has 0 aliphatic heterocycles. The molecule has 1 aromatic carbocycles. The van der Waals surface area contributed by atoms with Crippen LogP contribution in [0, 0.1) is 0 Å². The Kier molecular flexibility index (Phi) is 12.3. The molecule has 1 nitrogen and oxygen atoms in total. The number of carbonyl (C=O) groups excluding carboxylic acids is 1. The van der Waals surface area contributed by atoms with Crippen LogP contribution in [0.15, 0.2) is 26.4 Å². The third-order valence-electron chi connectivity index (χ3n) is 3.70. The molecule has 0 saturated carbocycles. The van der Waals surface area contributed by atoms with Crippen LogP contribution in [0.25, 0.3) is 0 Å². The first-order valence-electron chi connectivity index (χ1n) is 8.77. The number of carbonyl (C=O) groups is 1. The molecule has 0 saturated heterocycles. The van der Waals surface area contributed by atoms with Gasteiger partial charge in [-0.3, -0.25) is 4.79 Å². The summed E-state index contributed by atoms with van der Waals surface area (Å²) in [6, 6.07) is 4.18. The summed E-state index contributed by atoms with van der Waals surface area (Å²) in [6.45, 7) is 4.46. The van der Waals surface area contributed by atoms with E-state index in [1.165, 1.54) is 56.3 Å². The first-order valence-corrected chi connectivity index (χ1v) is 11.5. The van der Waals surface area contributed by atoms with Crippen molar-refractivity contribution >= 4 is 45.7 Å². The highest BCUT2D eigenvalue weighted by atomic mass is 79.9. The lowest BCUT2D eigenvalue weighted by Crippen LogP contribution is -1.91. The Morgan fingerprint density at radius 2 is 1.43 bits per heavy atom. The SMILES string of the molecule is CCCCCCSc1cc(C=O)c(SCCCCCC)cc1Br. The van der Waals surface area contributed by atoms with Crippen LogP contribution < -0.4 is 0 Å². The van der Waals surface area contributed by atoms with Crippen molar-refractivity contribution in [2.45, 2.75) is 75.0 Å². The summed E-state index contributed by atoms with van der Waals surface area (Å²) < 4.78 is 1.12. The van der Waals surface area contributed by atoms with E-state index in [4.69, 9.17) is 0 Å². The molecule has 0 bridgehead atoms. The third kappa shape index (κ3) is 8.64. The molecule has 130 valence electrons. The normalized spacial score (nSPS) is 10.9. The number of unbranched alkanes of at least 4 members (excludes halogenated alkanes) is 6. The average Bonchev–Trinajstić information content (AvgIpc) is 2.56. The molecule has 0 atom stereocenters. The van der Waals surface area contributed by atoms with Gasteiger partial charge in [0.1, 0.15) is 0 Å². The topological polar surface area (TPSA) is 17.1 Å². The van der Waals surface area contributed by atoms with Crippen LogP contribution in [0.3, 0.4) is 0 Å². The molecule has 0 heterocycles. The fourth-order valence-corrected chi connectivity index (χ4v) is 5.16. The zero-order chi connectivity index (χ0) is 16.9. The molecular weight excluding hydrogens is 388 g/mol. The number of thioether (sulfide) groups is 2. The average molecular weight is 417 g/mol. The van der Waals surface area contributed by atoms with Crippen molar-refractivity contribution in [2.24, 2.45) is 0 Å². The molecule has 23 heavy (non-hydrogen) atoms. The second kappa shape index (κ2) is 13.4. The predicted molar refractivity (Wildman–Crippen MR) is 109 cm³/mol. The Hall–Kier alpha value is 0.0700. The number of hydrogen-bond acceptors (Lipinski definition) is 3. The van der Waals surface area contributed by atoms with Crippen LogP contribution in [0.2, 0.25) is 0 Å². The van der Waals surface area contributed by atoms with E-state index < -0.39 is 0 Å². The second-order valence-corrected chi connectivity index (χ2v) is 8.88. The molecule has 0 radical (unpaired) electrons. The molecule has 0 aromatic heterocycles. The minimum atomic E-state index is 0.838. The molecule has 0 aliphatic carbocycles. The number of benzene rings is 1. The van der Waals surface area contributed by atoms with Crippen molar-refractivity contribution in [1.82, 2.24) is 0 Å². The summed E-state index contributed by atoms with van der Waals surface area (Å²) in [4.78, 5) is 13.7. The van der Waals surface area contributed by atoms with Gasteiger partial charge in [0.15, 0.2) is 6.29 Å². The maximum atomic E-state index is 11.4. The molecule has 0 aliphatic rings. The number of hydrogen-bond donors (Lipinski definition) is 0. The zero-order valence-electron chi connectivity index (χ0n) is 14.4. The predicted octanol–water partition coefficient (Wildman–Crippen LogP) is 7.61. The Bertz CT molecular complexity index is 463. The molecule has 0 N–H and O–H groups in total. The Labute approximate surface area is 158 Å². The lowest BCUT2D eigenvalue weighted by Gasteiger charge is -2.10. The fraction of sp³-hybridized carbons (Fsp3) is 0.632. The highest BCUT2D eigenvalue weighted by Gasteiger charge is 2.09. The molecule has 1 aromatic rings. The first-order chi connectivity index (χ1) is 11.2. The van der Waals surface area contributed by atoms with Gasteiger partial charge in [-0.2, -0.15) is 0 Å². The Balaban J connectivity index is 2.54. The van der Waals surface area contributed by atoms with Crippen LogP contribution in [0.1, 0.15) is 75.6 Å². The molecule has 1 rings (SSSR count). The van der Waals surface area contributed by atoms with E-state index in [0.717, 1.165) is 32.7 Å². The molecule has 0 fully saturated rings. The molecule has 0 amide bonds. The van der Waals surface area contributed by atoms with Crippen LogP contribution in [0.4, 0.5) is 0 Å². The van der Waals surface area contributed by atoms with Crippen LogP contribution >= 0.6 is 39.5 Å². The summed E-state index contributed by atoms with van der Waals surface area (Å²) in [7, 11) is 0. The van der Waals surface area contributed by atoms with E-state index in [1.54, 1.807) is 0 Å². The smallest absolute Gasteiger partial charge is 0.151 e. The zero-order valence-corrected chi connectivity index (χ0v) is 17.6. The summed E-state index contributed by atoms with van der Waals surface area (Å²) in [5, 5.41) is 0. The van der Waals surface area contributed by atoms with Crippen LogP contribution in [0.5, 0.6) is 0 Å². The van der Waals surface area contributed by atoms with Gasteiger partial charge >= 0.3 is 0 Å². The van der Waals surface area contributed by atoms with Gasteiger partial charge in [-0.1, -0.05) is 52.4 Å². The number of aldehydes is 1. The van der Waals surface area contributed by atoms with Crippen molar-refractivity contribution in [3.05, 3.63) is 22.2 Å². The minimum Gasteiger partial charge on any atom is -0.298 e. The van der Waals surface area contributed by atoms with Crippen LogP contribution in [-0.4, -0.2) is 17.8 Å². The van der Waals surface area contributed by atoms with Gasteiger partial charge in [-0.25, -0.2) is 0 Å². The maximum Gasteiger partial charge on any atom is 0.151 e. The highest BCUT2D eigenvalue weighted by Crippen LogP contribution is 2.35. The molecule has 0 spiro atoms. The summed E-state index contributed by atoms with van der Waals surface area (Å²) in [5.74, 6) is 2.22. The van der Waals surface area contributed by atoms with Crippen molar-refractivity contribution in [2.75, 3.05) is 11.5 Å².